The predicted molar refractivity (Wildman–Crippen MR) is 93.3 cm³/mol. The van der Waals surface area contributed by atoms with Crippen LogP contribution in [0.2, 0.25) is 0 Å². The maximum atomic E-state index is 12.6. The molecule has 7 heteroatoms. The summed E-state index contributed by atoms with van der Waals surface area (Å²) in [4.78, 5) is 24.1. The summed E-state index contributed by atoms with van der Waals surface area (Å²) in [6.45, 7) is 5.45. The van der Waals surface area contributed by atoms with E-state index in [0.29, 0.717) is 22.8 Å². The van der Waals surface area contributed by atoms with Crippen molar-refractivity contribution in [3.05, 3.63) is 23.1 Å². The summed E-state index contributed by atoms with van der Waals surface area (Å²) in [6, 6.07) is 4.56. The number of amides is 1. The molecule has 24 heavy (non-hydrogen) atoms. The van der Waals surface area contributed by atoms with Gasteiger partial charge in [0.05, 0.1) is 13.2 Å². The van der Waals surface area contributed by atoms with E-state index in [2.05, 4.69) is 5.32 Å². The maximum absolute atomic E-state index is 12.6. The number of carboxylic acid groups (broad SMARTS) is 1. The minimum absolute atomic E-state index is 0.123. The van der Waals surface area contributed by atoms with Gasteiger partial charge in [-0.15, -0.1) is 11.3 Å². The van der Waals surface area contributed by atoms with Crippen molar-refractivity contribution in [3.63, 3.8) is 0 Å². The van der Waals surface area contributed by atoms with Crippen molar-refractivity contribution >= 4 is 33.3 Å². The Labute approximate surface area is 144 Å². The van der Waals surface area contributed by atoms with Gasteiger partial charge in [0.25, 0.3) is 5.91 Å². The molecule has 130 valence electrons. The minimum Gasteiger partial charge on any atom is -0.497 e. The summed E-state index contributed by atoms with van der Waals surface area (Å²) in [5.74, 6) is -0.375. The second-order valence-electron chi connectivity index (χ2n) is 5.56. The van der Waals surface area contributed by atoms with Crippen LogP contribution in [-0.4, -0.2) is 36.2 Å². The minimum atomic E-state index is -1.06. The number of rotatable bonds is 7. The van der Waals surface area contributed by atoms with Crippen LogP contribution in [0.3, 0.4) is 0 Å². The standard InChI is InChI=1S/C17H21NO5S/c1-5-12(17(20)21)18-16(19)15-14(23-9(2)3)11-8-10(22-4)6-7-13(11)24-15/h6-9,12H,5H2,1-4H3,(H,18,19)(H,20,21). The molecule has 1 aromatic carbocycles. The smallest absolute Gasteiger partial charge is 0.326 e. The lowest BCUT2D eigenvalue weighted by Gasteiger charge is -2.14. The highest BCUT2D eigenvalue weighted by Gasteiger charge is 2.25. The molecule has 6 nitrogen and oxygen atoms in total. The van der Waals surface area contributed by atoms with Crippen LogP contribution in [0.4, 0.5) is 0 Å². The van der Waals surface area contributed by atoms with Gasteiger partial charge in [-0.3, -0.25) is 4.79 Å². The van der Waals surface area contributed by atoms with E-state index in [-0.39, 0.29) is 6.10 Å². The summed E-state index contributed by atoms with van der Waals surface area (Å²) < 4.78 is 12.0. The van der Waals surface area contributed by atoms with Gasteiger partial charge in [-0.25, -0.2) is 4.79 Å². The zero-order chi connectivity index (χ0) is 17.9. The lowest BCUT2D eigenvalue weighted by atomic mass is 10.2. The fourth-order valence-corrected chi connectivity index (χ4v) is 3.27. The molecule has 0 bridgehead atoms. The molecular formula is C17H21NO5S. The Morgan fingerprint density at radius 3 is 2.58 bits per heavy atom. The van der Waals surface area contributed by atoms with Gasteiger partial charge in [-0.05, 0) is 38.5 Å². The summed E-state index contributed by atoms with van der Waals surface area (Å²) in [6.07, 6.45) is 0.183. The first-order valence-corrected chi connectivity index (χ1v) is 8.49. The van der Waals surface area contributed by atoms with Crippen molar-refractivity contribution in [2.24, 2.45) is 0 Å². The van der Waals surface area contributed by atoms with Crippen LogP contribution < -0.4 is 14.8 Å². The molecule has 0 aliphatic heterocycles. The average Bonchev–Trinajstić information content (AvgIpc) is 2.89. The molecule has 0 saturated carbocycles. The molecule has 0 spiro atoms. The number of hydrogen-bond donors (Lipinski definition) is 2. The number of aliphatic carboxylic acids is 1. The first-order chi connectivity index (χ1) is 11.4. The van der Waals surface area contributed by atoms with Gasteiger partial charge in [0.1, 0.15) is 16.7 Å². The molecule has 1 heterocycles. The van der Waals surface area contributed by atoms with E-state index in [0.717, 1.165) is 10.1 Å². The largest absolute Gasteiger partial charge is 0.497 e. The summed E-state index contributed by atoms with van der Waals surface area (Å²) in [7, 11) is 1.57. The van der Waals surface area contributed by atoms with Crippen LogP contribution in [0, 0.1) is 0 Å². The molecule has 0 aliphatic rings. The molecule has 1 amide bonds. The van der Waals surface area contributed by atoms with Gasteiger partial charge in [-0.1, -0.05) is 6.92 Å². The molecule has 0 aliphatic carbocycles. The fourth-order valence-electron chi connectivity index (χ4n) is 2.25. The highest BCUT2D eigenvalue weighted by Crippen LogP contribution is 2.40. The Morgan fingerprint density at radius 2 is 2.04 bits per heavy atom. The van der Waals surface area contributed by atoms with Crippen LogP contribution in [-0.2, 0) is 4.79 Å². The van der Waals surface area contributed by atoms with E-state index < -0.39 is 17.9 Å². The number of methoxy groups -OCH3 is 1. The van der Waals surface area contributed by atoms with E-state index in [9.17, 15) is 9.59 Å². The number of benzene rings is 1. The summed E-state index contributed by atoms with van der Waals surface area (Å²) in [5.41, 5.74) is 0. The molecule has 1 unspecified atom stereocenters. The molecule has 0 saturated heterocycles. The van der Waals surface area contributed by atoms with E-state index in [1.165, 1.54) is 11.3 Å². The van der Waals surface area contributed by atoms with Crippen LogP contribution in [0.25, 0.3) is 10.1 Å². The highest BCUT2D eigenvalue weighted by molar-refractivity contribution is 7.21. The van der Waals surface area contributed by atoms with Gasteiger partial charge in [0.2, 0.25) is 0 Å². The third-order valence-corrected chi connectivity index (χ3v) is 4.57. The lowest BCUT2D eigenvalue weighted by molar-refractivity contribution is -0.139. The zero-order valence-electron chi connectivity index (χ0n) is 14.1. The Balaban J connectivity index is 2.47. The molecule has 1 aromatic heterocycles. The number of carbonyl (C=O) groups is 2. The lowest BCUT2D eigenvalue weighted by Crippen LogP contribution is -2.40. The van der Waals surface area contributed by atoms with Gasteiger partial charge < -0.3 is 19.9 Å². The van der Waals surface area contributed by atoms with E-state index >= 15 is 0 Å². The fraction of sp³-hybridized carbons (Fsp3) is 0.412. The number of carbonyl (C=O) groups excluding carboxylic acids is 1. The third-order valence-electron chi connectivity index (χ3n) is 3.42. The van der Waals surface area contributed by atoms with Crippen molar-refractivity contribution in [1.82, 2.24) is 5.32 Å². The average molecular weight is 351 g/mol. The molecule has 0 radical (unpaired) electrons. The van der Waals surface area contributed by atoms with E-state index in [1.54, 1.807) is 14.0 Å². The third kappa shape index (κ3) is 3.79. The molecule has 2 N–H and O–H groups in total. The number of carboxylic acids is 1. The van der Waals surface area contributed by atoms with Crippen LogP contribution in [0.5, 0.6) is 11.5 Å². The second-order valence-corrected chi connectivity index (χ2v) is 6.61. The summed E-state index contributed by atoms with van der Waals surface area (Å²) >= 11 is 1.27. The summed E-state index contributed by atoms with van der Waals surface area (Å²) in [5, 5.41) is 12.5. The second kappa shape index (κ2) is 7.53. The molecule has 0 fully saturated rings. The Hall–Kier alpha value is -2.28. The number of hydrogen-bond acceptors (Lipinski definition) is 5. The van der Waals surface area contributed by atoms with Crippen LogP contribution >= 0.6 is 11.3 Å². The van der Waals surface area contributed by atoms with Gasteiger partial charge in [-0.2, -0.15) is 0 Å². The molecular weight excluding hydrogens is 330 g/mol. The number of nitrogens with one attached hydrogen (secondary N) is 1. The molecule has 1 atom stereocenters. The molecule has 2 rings (SSSR count). The SMILES string of the molecule is CCC(NC(=O)c1sc2ccc(OC)cc2c1OC(C)C)C(=O)O. The molecule has 2 aromatic rings. The Kier molecular flexibility index (Phi) is 5.66. The Morgan fingerprint density at radius 1 is 1.33 bits per heavy atom. The van der Waals surface area contributed by atoms with E-state index in [4.69, 9.17) is 14.6 Å². The van der Waals surface area contributed by atoms with Crippen molar-refractivity contribution in [2.75, 3.05) is 7.11 Å². The van der Waals surface area contributed by atoms with Crippen molar-refractivity contribution in [2.45, 2.75) is 39.3 Å². The Bertz CT molecular complexity index is 753. The predicted octanol–water partition coefficient (Wildman–Crippen LogP) is 3.29. The van der Waals surface area contributed by atoms with Crippen LogP contribution in [0.1, 0.15) is 36.9 Å². The number of fused-ring (bicyclic) bond motifs is 1. The van der Waals surface area contributed by atoms with Crippen molar-refractivity contribution in [1.29, 1.82) is 0 Å². The van der Waals surface area contributed by atoms with Crippen LogP contribution in [0.15, 0.2) is 18.2 Å². The van der Waals surface area contributed by atoms with Gasteiger partial charge >= 0.3 is 5.97 Å². The highest BCUT2D eigenvalue weighted by atomic mass is 32.1. The first kappa shape index (κ1) is 18.1. The van der Waals surface area contributed by atoms with Gasteiger partial charge in [0, 0.05) is 10.1 Å². The number of ether oxygens (including phenoxy) is 2. The van der Waals surface area contributed by atoms with Crippen molar-refractivity contribution in [3.8, 4) is 11.5 Å². The number of thiophene rings is 1. The topological polar surface area (TPSA) is 84.9 Å². The normalized spacial score (nSPS) is 12.2. The first-order valence-electron chi connectivity index (χ1n) is 7.68. The van der Waals surface area contributed by atoms with Gasteiger partial charge in [0.15, 0.2) is 5.75 Å². The van der Waals surface area contributed by atoms with Crippen molar-refractivity contribution < 1.29 is 24.2 Å². The zero-order valence-corrected chi connectivity index (χ0v) is 14.9. The maximum Gasteiger partial charge on any atom is 0.326 e. The monoisotopic (exact) mass is 351 g/mol. The van der Waals surface area contributed by atoms with E-state index in [1.807, 2.05) is 32.0 Å². The quantitative estimate of drug-likeness (QED) is 0.799.